The molecule has 0 amide bonds. The summed E-state index contributed by atoms with van der Waals surface area (Å²) >= 11 is 0. The van der Waals surface area contributed by atoms with Gasteiger partial charge in [0.05, 0.1) is 18.4 Å². The third kappa shape index (κ3) is 2.26. The van der Waals surface area contributed by atoms with Crippen LogP contribution >= 0.6 is 0 Å². The van der Waals surface area contributed by atoms with Crippen LogP contribution in [0.3, 0.4) is 0 Å². The Hall–Kier alpha value is -2.96. The quantitative estimate of drug-likeness (QED) is 0.798. The summed E-state index contributed by atoms with van der Waals surface area (Å²) < 4.78 is 10.3. The number of esters is 1. The van der Waals surface area contributed by atoms with Gasteiger partial charge in [0.2, 0.25) is 18.0 Å². The second kappa shape index (κ2) is 5.44. The second-order valence-corrected chi connectivity index (χ2v) is 4.63. The van der Waals surface area contributed by atoms with Gasteiger partial charge < -0.3 is 9.47 Å². The number of carbonyl (C=O) groups excluding carboxylic acids is 2. The fourth-order valence-corrected chi connectivity index (χ4v) is 2.32. The predicted molar refractivity (Wildman–Crippen MR) is 77.0 cm³/mol. The molecular formula is C15H13N3O4. The number of rotatable bonds is 3. The molecule has 7 heteroatoms. The van der Waals surface area contributed by atoms with E-state index in [1.165, 1.54) is 18.9 Å². The SMILES string of the molecule is COc1ccc2c(c1)C(=O)C(OC(C)=O)N2c1ncccn1. The molecule has 1 aliphatic rings. The first-order valence-electron chi connectivity index (χ1n) is 6.57. The summed E-state index contributed by atoms with van der Waals surface area (Å²) in [7, 11) is 1.52. The zero-order valence-electron chi connectivity index (χ0n) is 12.0. The van der Waals surface area contributed by atoms with Crippen LogP contribution in [0.5, 0.6) is 5.75 Å². The number of benzene rings is 1. The van der Waals surface area contributed by atoms with Gasteiger partial charge in [-0.3, -0.25) is 14.5 Å². The summed E-state index contributed by atoms with van der Waals surface area (Å²) in [5.41, 5.74) is 0.973. The average Bonchev–Trinajstić information content (AvgIpc) is 2.80. The molecule has 1 unspecified atom stereocenters. The highest BCUT2D eigenvalue weighted by Crippen LogP contribution is 2.38. The van der Waals surface area contributed by atoms with Crippen LogP contribution in [-0.2, 0) is 9.53 Å². The number of aromatic nitrogens is 2. The third-order valence-electron chi connectivity index (χ3n) is 3.23. The Morgan fingerprint density at radius 1 is 1.27 bits per heavy atom. The lowest BCUT2D eigenvalue weighted by Gasteiger charge is -2.23. The second-order valence-electron chi connectivity index (χ2n) is 4.63. The van der Waals surface area contributed by atoms with Crippen molar-refractivity contribution in [3.8, 4) is 5.75 Å². The number of ether oxygens (including phenoxy) is 2. The Bertz CT molecular complexity index is 733. The van der Waals surface area contributed by atoms with Gasteiger partial charge in [0.1, 0.15) is 5.75 Å². The average molecular weight is 299 g/mol. The number of methoxy groups -OCH3 is 1. The van der Waals surface area contributed by atoms with Crippen molar-refractivity contribution in [2.75, 3.05) is 12.0 Å². The normalized spacial score (nSPS) is 16.4. The molecule has 0 spiro atoms. The molecule has 0 fully saturated rings. The maximum Gasteiger partial charge on any atom is 0.304 e. The summed E-state index contributed by atoms with van der Waals surface area (Å²) in [6.45, 7) is 1.25. The number of hydrogen-bond acceptors (Lipinski definition) is 7. The Balaban J connectivity index is 2.12. The number of Topliss-reactive ketones (excluding diaryl/α,β-unsaturated/α-hetero) is 1. The summed E-state index contributed by atoms with van der Waals surface area (Å²) in [6, 6.07) is 6.71. The topological polar surface area (TPSA) is 81.6 Å². The molecule has 2 heterocycles. The summed E-state index contributed by atoms with van der Waals surface area (Å²) in [5.74, 6) is -0.0638. The minimum absolute atomic E-state index is 0.283. The smallest absolute Gasteiger partial charge is 0.304 e. The van der Waals surface area contributed by atoms with Gasteiger partial charge in [0.15, 0.2) is 0 Å². The van der Waals surface area contributed by atoms with Gasteiger partial charge in [-0.2, -0.15) is 0 Å². The number of ketones is 1. The highest BCUT2D eigenvalue weighted by Gasteiger charge is 2.42. The van der Waals surface area contributed by atoms with Crippen LogP contribution in [0, 0.1) is 0 Å². The standard InChI is InChI=1S/C15H13N3O4/c1-9(19)22-14-13(20)11-8-10(21-2)4-5-12(11)18(14)15-16-6-3-7-17-15/h3-8,14H,1-2H3. The van der Waals surface area contributed by atoms with Gasteiger partial charge in [0.25, 0.3) is 0 Å². The Labute approximate surface area is 126 Å². The van der Waals surface area contributed by atoms with Gasteiger partial charge in [-0.05, 0) is 24.3 Å². The Kier molecular flexibility index (Phi) is 3.46. The zero-order valence-corrected chi connectivity index (χ0v) is 12.0. The van der Waals surface area contributed by atoms with E-state index in [2.05, 4.69) is 9.97 Å². The Morgan fingerprint density at radius 3 is 2.64 bits per heavy atom. The fourth-order valence-electron chi connectivity index (χ4n) is 2.32. The molecule has 1 aliphatic heterocycles. The first kappa shape index (κ1) is 14.0. The van der Waals surface area contributed by atoms with Gasteiger partial charge >= 0.3 is 5.97 Å². The van der Waals surface area contributed by atoms with Crippen LogP contribution in [0.25, 0.3) is 0 Å². The summed E-state index contributed by atoms with van der Waals surface area (Å²) in [4.78, 5) is 33.7. The number of carbonyl (C=O) groups is 2. The van der Waals surface area contributed by atoms with E-state index in [4.69, 9.17) is 9.47 Å². The van der Waals surface area contributed by atoms with Crippen molar-refractivity contribution in [2.45, 2.75) is 13.2 Å². The molecule has 0 N–H and O–H groups in total. The van der Waals surface area contributed by atoms with Gasteiger partial charge in [-0.1, -0.05) is 0 Å². The molecule has 0 aliphatic carbocycles. The van der Waals surface area contributed by atoms with Crippen molar-refractivity contribution in [1.29, 1.82) is 0 Å². The highest BCUT2D eigenvalue weighted by atomic mass is 16.6. The van der Waals surface area contributed by atoms with E-state index in [-0.39, 0.29) is 11.7 Å². The van der Waals surface area contributed by atoms with Crippen molar-refractivity contribution in [1.82, 2.24) is 9.97 Å². The first-order chi connectivity index (χ1) is 10.6. The van der Waals surface area contributed by atoms with E-state index in [0.29, 0.717) is 17.0 Å². The monoisotopic (exact) mass is 299 g/mol. The lowest BCUT2D eigenvalue weighted by molar-refractivity contribution is -0.143. The third-order valence-corrected chi connectivity index (χ3v) is 3.23. The van der Waals surface area contributed by atoms with E-state index in [0.717, 1.165) is 0 Å². The largest absolute Gasteiger partial charge is 0.497 e. The molecule has 7 nitrogen and oxygen atoms in total. The van der Waals surface area contributed by atoms with E-state index < -0.39 is 12.2 Å². The molecule has 1 aromatic heterocycles. The van der Waals surface area contributed by atoms with Crippen LogP contribution in [-0.4, -0.2) is 35.1 Å². The van der Waals surface area contributed by atoms with E-state index in [1.807, 2.05) is 0 Å². The molecule has 1 atom stereocenters. The maximum absolute atomic E-state index is 12.6. The van der Waals surface area contributed by atoms with E-state index >= 15 is 0 Å². The van der Waals surface area contributed by atoms with E-state index in [9.17, 15) is 9.59 Å². The minimum Gasteiger partial charge on any atom is -0.497 e. The molecule has 22 heavy (non-hydrogen) atoms. The van der Waals surface area contributed by atoms with Crippen molar-refractivity contribution < 1.29 is 19.1 Å². The number of nitrogens with zero attached hydrogens (tertiary/aromatic N) is 3. The minimum atomic E-state index is -1.11. The van der Waals surface area contributed by atoms with Crippen molar-refractivity contribution in [3.05, 3.63) is 42.2 Å². The summed E-state index contributed by atoms with van der Waals surface area (Å²) in [6.07, 6.45) is 2.00. The fraction of sp³-hybridized carbons (Fsp3) is 0.200. The van der Waals surface area contributed by atoms with Gasteiger partial charge in [-0.15, -0.1) is 0 Å². The lowest BCUT2D eigenvalue weighted by atomic mass is 10.1. The molecule has 0 bridgehead atoms. The van der Waals surface area contributed by atoms with Crippen LogP contribution < -0.4 is 9.64 Å². The molecular weight excluding hydrogens is 286 g/mol. The number of hydrogen-bond donors (Lipinski definition) is 0. The van der Waals surface area contributed by atoms with Crippen LogP contribution in [0.15, 0.2) is 36.7 Å². The first-order valence-corrected chi connectivity index (χ1v) is 6.57. The zero-order chi connectivity index (χ0) is 15.7. The van der Waals surface area contributed by atoms with Crippen LogP contribution in [0.2, 0.25) is 0 Å². The van der Waals surface area contributed by atoms with Crippen LogP contribution in [0.1, 0.15) is 17.3 Å². The van der Waals surface area contributed by atoms with Crippen molar-refractivity contribution in [2.24, 2.45) is 0 Å². The molecule has 112 valence electrons. The van der Waals surface area contributed by atoms with Crippen LogP contribution in [0.4, 0.5) is 11.6 Å². The lowest BCUT2D eigenvalue weighted by Crippen LogP contribution is -2.36. The molecule has 1 aromatic carbocycles. The van der Waals surface area contributed by atoms with Crippen molar-refractivity contribution in [3.63, 3.8) is 0 Å². The summed E-state index contributed by atoms with van der Waals surface area (Å²) in [5, 5.41) is 0. The van der Waals surface area contributed by atoms with E-state index in [1.54, 1.807) is 36.7 Å². The maximum atomic E-state index is 12.6. The highest BCUT2D eigenvalue weighted by molar-refractivity contribution is 6.12. The molecule has 0 saturated carbocycles. The predicted octanol–water partition coefficient (Wildman–Crippen LogP) is 1.71. The number of anilines is 2. The van der Waals surface area contributed by atoms with Gasteiger partial charge in [-0.25, -0.2) is 9.97 Å². The molecule has 3 rings (SSSR count). The molecule has 0 saturated heterocycles. The van der Waals surface area contributed by atoms with Crippen molar-refractivity contribution >= 4 is 23.4 Å². The Morgan fingerprint density at radius 2 is 2.00 bits per heavy atom. The molecule has 0 radical (unpaired) electrons. The molecule has 2 aromatic rings. The van der Waals surface area contributed by atoms with Gasteiger partial charge in [0, 0.05) is 19.3 Å². The number of fused-ring (bicyclic) bond motifs is 1.